The molecule has 0 saturated heterocycles. The predicted molar refractivity (Wildman–Crippen MR) is 76.7 cm³/mol. The number of aryl methyl sites for hydroxylation is 1. The van der Waals surface area contributed by atoms with Gasteiger partial charge in [-0.1, -0.05) is 29.8 Å². The van der Waals surface area contributed by atoms with Crippen molar-refractivity contribution in [3.05, 3.63) is 33.8 Å². The summed E-state index contributed by atoms with van der Waals surface area (Å²) < 4.78 is 0.955. The minimum atomic E-state index is -0.482. The van der Waals surface area contributed by atoms with Gasteiger partial charge in [0.1, 0.15) is 0 Å². The first-order valence-electron chi connectivity index (χ1n) is 6.12. The Balaban J connectivity index is 2.55. The molecule has 1 unspecified atom stereocenters. The van der Waals surface area contributed by atoms with E-state index in [2.05, 4.69) is 21.2 Å². The van der Waals surface area contributed by atoms with E-state index in [1.807, 2.05) is 32.9 Å². The number of aliphatic hydroxyl groups excluding tert-OH is 1. The minimum Gasteiger partial charge on any atom is -0.391 e. The van der Waals surface area contributed by atoms with Gasteiger partial charge >= 0.3 is 0 Å². The van der Waals surface area contributed by atoms with Crippen LogP contribution in [0.1, 0.15) is 36.2 Å². The van der Waals surface area contributed by atoms with Crippen molar-refractivity contribution in [1.82, 2.24) is 5.32 Å². The standard InChI is InChI=1S/C14H20BrNO2/c1-9(2)6-12(17)8-16-14(18)13-5-4-11(15)7-10(13)3/h4-5,7,9,12,17H,6,8H2,1-3H3,(H,16,18). The lowest BCUT2D eigenvalue weighted by Gasteiger charge is -2.14. The third-order valence-electron chi connectivity index (χ3n) is 2.67. The van der Waals surface area contributed by atoms with Gasteiger partial charge in [0.15, 0.2) is 0 Å². The van der Waals surface area contributed by atoms with E-state index in [4.69, 9.17) is 0 Å². The monoisotopic (exact) mass is 313 g/mol. The number of nitrogens with one attached hydrogen (secondary N) is 1. The van der Waals surface area contributed by atoms with Gasteiger partial charge in [0.25, 0.3) is 5.91 Å². The molecule has 2 N–H and O–H groups in total. The molecule has 0 saturated carbocycles. The van der Waals surface area contributed by atoms with Crippen molar-refractivity contribution in [1.29, 1.82) is 0 Å². The quantitative estimate of drug-likeness (QED) is 0.878. The van der Waals surface area contributed by atoms with Crippen molar-refractivity contribution in [3.8, 4) is 0 Å². The average Bonchev–Trinajstić information content (AvgIpc) is 2.25. The van der Waals surface area contributed by atoms with Crippen LogP contribution in [0.2, 0.25) is 0 Å². The summed E-state index contributed by atoms with van der Waals surface area (Å²) in [4.78, 5) is 11.9. The number of benzene rings is 1. The summed E-state index contributed by atoms with van der Waals surface area (Å²) in [6, 6.07) is 5.52. The maximum Gasteiger partial charge on any atom is 0.251 e. The average molecular weight is 314 g/mol. The smallest absolute Gasteiger partial charge is 0.251 e. The fraction of sp³-hybridized carbons (Fsp3) is 0.500. The van der Waals surface area contributed by atoms with Crippen molar-refractivity contribution in [2.24, 2.45) is 5.92 Å². The van der Waals surface area contributed by atoms with Crippen molar-refractivity contribution >= 4 is 21.8 Å². The number of rotatable bonds is 5. The number of carbonyl (C=O) groups is 1. The molecular weight excluding hydrogens is 294 g/mol. The normalized spacial score (nSPS) is 12.6. The Hall–Kier alpha value is -0.870. The highest BCUT2D eigenvalue weighted by Crippen LogP contribution is 2.15. The molecule has 0 radical (unpaired) electrons. The fourth-order valence-corrected chi connectivity index (χ4v) is 2.29. The van der Waals surface area contributed by atoms with Crippen LogP contribution in [0.5, 0.6) is 0 Å². The van der Waals surface area contributed by atoms with Gasteiger partial charge in [-0.3, -0.25) is 4.79 Å². The summed E-state index contributed by atoms with van der Waals surface area (Å²) in [5.41, 5.74) is 1.56. The van der Waals surface area contributed by atoms with Crippen LogP contribution in [0.15, 0.2) is 22.7 Å². The van der Waals surface area contributed by atoms with E-state index in [0.717, 1.165) is 10.0 Å². The number of amides is 1. The van der Waals surface area contributed by atoms with Crippen molar-refractivity contribution in [2.75, 3.05) is 6.54 Å². The largest absolute Gasteiger partial charge is 0.391 e. The zero-order valence-electron chi connectivity index (χ0n) is 11.0. The Kier molecular flexibility index (Phi) is 5.82. The second-order valence-electron chi connectivity index (χ2n) is 4.95. The molecule has 0 spiro atoms. The second-order valence-corrected chi connectivity index (χ2v) is 5.87. The highest BCUT2D eigenvalue weighted by molar-refractivity contribution is 9.10. The molecule has 0 aliphatic carbocycles. The number of halogens is 1. The molecule has 3 nitrogen and oxygen atoms in total. The maximum atomic E-state index is 11.9. The Labute approximate surface area is 117 Å². The summed E-state index contributed by atoms with van der Waals surface area (Å²) in [7, 11) is 0. The summed E-state index contributed by atoms with van der Waals surface area (Å²) in [5.74, 6) is 0.286. The number of aliphatic hydroxyl groups is 1. The molecule has 0 fully saturated rings. The first-order chi connectivity index (χ1) is 8.40. The number of hydrogen-bond donors (Lipinski definition) is 2. The van der Waals surface area contributed by atoms with Gasteiger partial charge in [-0.25, -0.2) is 0 Å². The van der Waals surface area contributed by atoms with E-state index >= 15 is 0 Å². The number of hydrogen-bond acceptors (Lipinski definition) is 2. The van der Waals surface area contributed by atoms with Crippen LogP contribution >= 0.6 is 15.9 Å². The van der Waals surface area contributed by atoms with Gasteiger partial charge < -0.3 is 10.4 Å². The molecule has 1 rings (SSSR count). The van der Waals surface area contributed by atoms with E-state index in [0.29, 0.717) is 24.4 Å². The summed E-state index contributed by atoms with van der Waals surface area (Å²) in [6.45, 7) is 6.28. The molecule has 100 valence electrons. The van der Waals surface area contributed by atoms with Crippen molar-refractivity contribution < 1.29 is 9.90 Å². The highest BCUT2D eigenvalue weighted by atomic mass is 79.9. The lowest BCUT2D eigenvalue weighted by atomic mass is 10.1. The summed E-state index contributed by atoms with van der Waals surface area (Å²) in [6.07, 6.45) is 0.212. The van der Waals surface area contributed by atoms with Crippen LogP contribution in [0.4, 0.5) is 0 Å². The molecular formula is C14H20BrNO2. The second kappa shape index (κ2) is 6.90. The van der Waals surface area contributed by atoms with Crippen molar-refractivity contribution in [3.63, 3.8) is 0 Å². The molecule has 0 aliphatic heterocycles. The molecule has 0 aliphatic rings. The fourth-order valence-electron chi connectivity index (χ4n) is 1.82. The molecule has 1 aromatic carbocycles. The maximum absolute atomic E-state index is 11.9. The van der Waals surface area contributed by atoms with E-state index in [9.17, 15) is 9.90 Å². The molecule has 4 heteroatoms. The minimum absolute atomic E-state index is 0.136. The lowest BCUT2D eigenvalue weighted by molar-refractivity contribution is 0.0899. The van der Waals surface area contributed by atoms with Gasteiger partial charge in [0.2, 0.25) is 0 Å². The van der Waals surface area contributed by atoms with Gasteiger partial charge in [0, 0.05) is 16.6 Å². The Morgan fingerprint density at radius 2 is 2.11 bits per heavy atom. The molecule has 0 aromatic heterocycles. The Morgan fingerprint density at radius 3 is 2.67 bits per heavy atom. The molecule has 1 aromatic rings. The third-order valence-corrected chi connectivity index (χ3v) is 3.17. The van der Waals surface area contributed by atoms with E-state index in [1.165, 1.54) is 0 Å². The molecule has 18 heavy (non-hydrogen) atoms. The number of carbonyl (C=O) groups excluding carboxylic acids is 1. The molecule has 1 amide bonds. The van der Waals surface area contributed by atoms with Crippen LogP contribution in [-0.2, 0) is 0 Å². The third kappa shape index (κ3) is 4.78. The first-order valence-corrected chi connectivity index (χ1v) is 6.92. The zero-order chi connectivity index (χ0) is 13.7. The van der Waals surface area contributed by atoms with Gasteiger partial charge in [-0.05, 0) is 43.0 Å². The van der Waals surface area contributed by atoms with Gasteiger partial charge in [-0.15, -0.1) is 0 Å². The van der Waals surface area contributed by atoms with Crippen LogP contribution in [0.3, 0.4) is 0 Å². The first kappa shape index (κ1) is 15.2. The van der Waals surface area contributed by atoms with Crippen LogP contribution < -0.4 is 5.32 Å². The van der Waals surface area contributed by atoms with Crippen molar-refractivity contribution in [2.45, 2.75) is 33.3 Å². The van der Waals surface area contributed by atoms with E-state index in [1.54, 1.807) is 6.07 Å². The summed E-state index contributed by atoms with van der Waals surface area (Å²) >= 11 is 3.36. The van der Waals surface area contributed by atoms with Crippen LogP contribution in [-0.4, -0.2) is 23.7 Å². The highest BCUT2D eigenvalue weighted by Gasteiger charge is 2.12. The molecule has 1 atom stereocenters. The molecule has 0 bridgehead atoms. The Morgan fingerprint density at radius 1 is 1.44 bits per heavy atom. The van der Waals surface area contributed by atoms with Gasteiger partial charge in [-0.2, -0.15) is 0 Å². The lowest BCUT2D eigenvalue weighted by Crippen LogP contribution is -2.33. The zero-order valence-corrected chi connectivity index (χ0v) is 12.6. The molecule has 0 heterocycles. The van der Waals surface area contributed by atoms with E-state index < -0.39 is 6.10 Å². The van der Waals surface area contributed by atoms with Crippen LogP contribution in [0.25, 0.3) is 0 Å². The SMILES string of the molecule is Cc1cc(Br)ccc1C(=O)NCC(O)CC(C)C. The van der Waals surface area contributed by atoms with Gasteiger partial charge in [0.05, 0.1) is 6.10 Å². The summed E-state index contributed by atoms with van der Waals surface area (Å²) in [5, 5.41) is 12.5. The van der Waals surface area contributed by atoms with E-state index in [-0.39, 0.29) is 5.91 Å². The van der Waals surface area contributed by atoms with Crippen LogP contribution in [0, 0.1) is 12.8 Å². The predicted octanol–water partition coefficient (Wildman–Crippen LogP) is 2.89. The Bertz CT molecular complexity index is 418. The topological polar surface area (TPSA) is 49.3 Å².